The van der Waals surface area contributed by atoms with Crippen molar-refractivity contribution in [3.05, 3.63) is 41.5 Å². The molecular weight excluding hydrogens is 270 g/mol. The number of aliphatic carboxylic acids is 1. The Bertz CT molecular complexity index is 556. The molecule has 21 heavy (non-hydrogen) atoms. The molecule has 0 aliphatic heterocycles. The minimum absolute atomic E-state index is 0.177. The molecule has 2 N–H and O–H groups in total. The molecule has 1 amide bonds. The van der Waals surface area contributed by atoms with Crippen LogP contribution in [0, 0.1) is 0 Å². The van der Waals surface area contributed by atoms with Crippen LogP contribution in [0.1, 0.15) is 35.2 Å². The van der Waals surface area contributed by atoms with Gasteiger partial charge in [0.15, 0.2) is 0 Å². The molecule has 1 aliphatic carbocycles. The first-order valence-corrected chi connectivity index (χ1v) is 6.89. The summed E-state index contributed by atoms with van der Waals surface area (Å²) in [6, 6.07) is 6.84. The van der Waals surface area contributed by atoms with Crippen LogP contribution in [-0.4, -0.2) is 36.2 Å². The van der Waals surface area contributed by atoms with Gasteiger partial charge in [0.25, 0.3) is 5.91 Å². The Morgan fingerprint density at radius 1 is 1.43 bits per heavy atom. The van der Waals surface area contributed by atoms with E-state index in [1.54, 1.807) is 31.4 Å². The minimum Gasteiger partial charge on any atom is -0.478 e. The number of rotatable bonds is 6. The van der Waals surface area contributed by atoms with Crippen LogP contribution in [0.25, 0.3) is 6.08 Å². The van der Waals surface area contributed by atoms with Crippen LogP contribution in [0.4, 0.5) is 0 Å². The fourth-order valence-corrected chi connectivity index (χ4v) is 2.32. The molecule has 0 heterocycles. The van der Waals surface area contributed by atoms with Gasteiger partial charge in [-0.15, -0.1) is 0 Å². The van der Waals surface area contributed by atoms with Gasteiger partial charge in [0.05, 0.1) is 5.60 Å². The van der Waals surface area contributed by atoms with Crippen LogP contribution >= 0.6 is 0 Å². The molecule has 0 atom stereocenters. The summed E-state index contributed by atoms with van der Waals surface area (Å²) in [7, 11) is 1.67. The number of hydrogen-bond donors (Lipinski definition) is 2. The molecule has 1 saturated carbocycles. The van der Waals surface area contributed by atoms with Gasteiger partial charge < -0.3 is 15.2 Å². The number of ether oxygens (including phenoxy) is 1. The van der Waals surface area contributed by atoms with Crippen molar-refractivity contribution in [2.45, 2.75) is 24.9 Å². The molecule has 0 bridgehead atoms. The molecule has 0 radical (unpaired) electrons. The third kappa shape index (κ3) is 3.92. The number of benzene rings is 1. The number of methoxy groups -OCH3 is 1. The molecule has 2 rings (SSSR count). The molecule has 0 saturated heterocycles. The zero-order valence-corrected chi connectivity index (χ0v) is 12.0. The smallest absolute Gasteiger partial charge is 0.328 e. The average molecular weight is 289 g/mol. The first-order valence-electron chi connectivity index (χ1n) is 6.89. The van der Waals surface area contributed by atoms with Gasteiger partial charge in [-0.2, -0.15) is 0 Å². The highest BCUT2D eigenvalue weighted by Gasteiger charge is 2.37. The zero-order chi connectivity index (χ0) is 15.3. The molecule has 1 aromatic rings. The summed E-state index contributed by atoms with van der Waals surface area (Å²) >= 11 is 0. The lowest BCUT2D eigenvalue weighted by molar-refractivity contribution is -0.131. The lowest BCUT2D eigenvalue weighted by atomic mass is 9.80. The van der Waals surface area contributed by atoms with Crippen molar-refractivity contribution in [1.82, 2.24) is 5.32 Å². The molecule has 0 spiro atoms. The zero-order valence-electron chi connectivity index (χ0n) is 12.0. The predicted molar refractivity (Wildman–Crippen MR) is 79.0 cm³/mol. The van der Waals surface area contributed by atoms with Gasteiger partial charge in [0.1, 0.15) is 0 Å². The lowest BCUT2D eigenvalue weighted by Gasteiger charge is -2.40. The lowest BCUT2D eigenvalue weighted by Crippen LogP contribution is -2.49. The molecule has 5 heteroatoms. The Morgan fingerprint density at radius 3 is 2.76 bits per heavy atom. The molecule has 1 aliphatic rings. The number of carbonyl (C=O) groups is 2. The highest BCUT2D eigenvalue weighted by molar-refractivity contribution is 5.95. The molecule has 1 fully saturated rings. The van der Waals surface area contributed by atoms with Crippen LogP contribution in [0.2, 0.25) is 0 Å². The van der Waals surface area contributed by atoms with E-state index in [-0.39, 0.29) is 11.5 Å². The maximum Gasteiger partial charge on any atom is 0.328 e. The molecule has 1 aromatic carbocycles. The van der Waals surface area contributed by atoms with E-state index < -0.39 is 5.97 Å². The van der Waals surface area contributed by atoms with Gasteiger partial charge in [-0.1, -0.05) is 12.1 Å². The normalized spacial score (nSPS) is 16.4. The van der Waals surface area contributed by atoms with E-state index in [0.717, 1.165) is 25.3 Å². The first kappa shape index (κ1) is 15.3. The van der Waals surface area contributed by atoms with Gasteiger partial charge in [-0.25, -0.2) is 4.79 Å². The van der Waals surface area contributed by atoms with Crippen molar-refractivity contribution in [3.63, 3.8) is 0 Å². The number of carboxylic acid groups (broad SMARTS) is 1. The summed E-state index contributed by atoms with van der Waals surface area (Å²) in [4.78, 5) is 22.6. The predicted octanol–water partition coefficient (Wildman–Crippen LogP) is 2.08. The fourth-order valence-electron chi connectivity index (χ4n) is 2.32. The first-order chi connectivity index (χ1) is 10.0. The fraction of sp³-hybridized carbons (Fsp3) is 0.375. The van der Waals surface area contributed by atoms with Crippen molar-refractivity contribution >= 4 is 18.0 Å². The maximum absolute atomic E-state index is 12.1. The number of carbonyl (C=O) groups excluding carboxylic acids is 1. The van der Waals surface area contributed by atoms with Gasteiger partial charge >= 0.3 is 5.97 Å². The third-order valence-electron chi connectivity index (χ3n) is 3.84. The quantitative estimate of drug-likeness (QED) is 0.786. The van der Waals surface area contributed by atoms with E-state index in [9.17, 15) is 9.59 Å². The molecule has 0 aromatic heterocycles. The van der Waals surface area contributed by atoms with Crippen molar-refractivity contribution in [2.75, 3.05) is 13.7 Å². The van der Waals surface area contributed by atoms with E-state index in [4.69, 9.17) is 9.84 Å². The number of carboxylic acids is 1. The molecule has 112 valence electrons. The third-order valence-corrected chi connectivity index (χ3v) is 3.84. The van der Waals surface area contributed by atoms with E-state index in [1.165, 1.54) is 6.08 Å². The van der Waals surface area contributed by atoms with Gasteiger partial charge in [0.2, 0.25) is 0 Å². The number of hydrogen-bond acceptors (Lipinski definition) is 3. The van der Waals surface area contributed by atoms with Crippen molar-refractivity contribution < 1.29 is 19.4 Å². The van der Waals surface area contributed by atoms with Gasteiger partial charge in [-0.05, 0) is 43.0 Å². The molecule has 5 nitrogen and oxygen atoms in total. The van der Waals surface area contributed by atoms with Crippen LogP contribution in [0.5, 0.6) is 0 Å². The largest absolute Gasteiger partial charge is 0.478 e. The standard InChI is InChI=1S/C16H19NO4/c1-21-16(8-3-9-16)11-17-15(20)13-5-2-4-12(10-13)6-7-14(18)19/h2,4-7,10H,3,8-9,11H2,1H3,(H,17,20)(H,18,19)/b7-6+. The number of nitrogens with one attached hydrogen (secondary N) is 1. The Morgan fingerprint density at radius 2 is 2.19 bits per heavy atom. The van der Waals surface area contributed by atoms with Crippen LogP contribution in [-0.2, 0) is 9.53 Å². The second-order valence-corrected chi connectivity index (χ2v) is 5.22. The second-order valence-electron chi connectivity index (χ2n) is 5.22. The van der Waals surface area contributed by atoms with Crippen molar-refractivity contribution in [2.24, 2.45) is 0 Å². The second kappa shape index (κ2) is 6.54. The summed E-state index contributed by atoms with van der Waals surface area (Å²) < 4.78 is 5.46. The van der Waals surface area contributed by atoms with Crippen LogP contribution in [0.15, 0.2) is 30.3 Å². The highest BCUT2D eigenvalue weighted by atomic mass is 16.5. The Balaban J connectivity index is 1.99. The SMILES string of the molecule is COC1(CNC(=O)c2cccc(/C=C/C(=O)O)c2)CCC1. The van der Waals surface area contributed by atoms with Crippen molar-refractivity contribution in [1.29, 1.82) is 0 Å². The Labute approximate surface area is 123 Å². The minimum atomic E-state index is -1.02. The summed E-state index contributed by atoms with van der Waals surface area (Å²) in [5.41, 5.74) is 0.972. The average Bonchev–Trinajstić information content (AvgIpc) is 2.44. The highest BCUT2D eigenvalue weighted by Crippen LogP contribution is 2.34. The molecule has 0 unspecified atom stereocenters. The van der Waals surface area contributed by atoms with Gasteiger partial charge in [0, 0.05) is 25.3 Å². The van der Waals surface area contributed by atoms with Crippen LogP contribution < -0.4 is 5.32 Å². The summed E-state index contributed by atoms with van der Waals surface area (Å²) in [6.07, 6.45) is 5.56. The maximum atomic E-state index is 12.1. The topological polar surface area (TPSA) is 75.6 Å². The van der Waals surface area contributed by atoms with Crippen LogP contribution in [0.3, 0.4) is 0 Å². The van der Waals surface area contributed by atoms with Crippen molar-refractivity contribution in [3.8, 4) is 0 Å². The summed E-state index contributed by atoms with van der Waals surface area (Å²) in [6.45, 7) is 0.498. The number of amides is 1. The monoisotopic (exact) mass is 289 g/mol. The van der Waals surface area contributed by atoms with E-state index >= 15 is 0 Å². The van der Waals surface area contributed by atoms with Gasteiger partial charge in [-0.3, -0.25) is 4.79 Å². The Hall–Kier alpha value is -2.14. The molecular formula is C16H19NO4. The Kier molecular flexibility index (Phi) is 4.75. The van der Waals surface area contributed by atoms with E-state index in [1.807, 2.05) is 0 Å². The summed E-state index contributed by atoms with van der Waals surface area (Å²) in [5.74, 6) is -1.19. The van der Waals surface area contributed by atoms with E-state index in [0.29, 0.717) is 17.7 Å². The van der Waals surface area contributed by atoms with E-state index in [2.05, 4.69) is 5.32 Å². The summed E-state index contributed by atoms with van der Waals surface area (Å²) in [5, 5.41) is 11.5.